The lowest BCUT2D eigenvalue weighted by atomic mass is 9.87. The molecule has 1 aliphatic rings. The van der Waals surface area contributed by atoms with Crippen molar-refractivity contribution >= 4 is 5.69 Å². The van der Waals surface area contributed by atoms with Gasteiger partial charge in [-0.2, -0.15) is 0 Å². The van der Waals surface area contributed by atoms with Crippen LogP contribution >= 0.6 is 0 Å². The predicted octanol–water partition coefficient (Wildman–Crippen LogP) is 6.94. The molecule has 146 valence electrons. The first kappa shape index (κ1) is 20.0. The Labute approximate surface area is 169 Å². The lowest BCUT2D eigenvalue weighted by Gasteiger charge is -2.27. The zero-order valence-corrected chi connectivity index (χ0v) is 17.3. The van der Waals surface area contributed by atoms with Crippen molar-refractivity contribution in [1.82, 2.24) is 0 Å². The molecular weight excluding hydrogens is 342 g/mol. The number of ether oxygens (including phenoxy) is 1. The fraction of sp³-hybridized carbons (Fsp3) is 0.308. The predicted molar refractivity (Wildman–Crippen MR) is 120 cm³/mol. The average molecular weight is 374 g/mol. The molecule has 2 nitrogen and oxygen atoms in total. The summed E-state index contributed by atoms with van der Waals surface area (Å²) in [7, 11) is 0. The molecule has 1 unspecified atom stereocenters. The monoisotopic (exact) mass is 373 g/mol. The van der Waals surface area contributed by atoms with Gasteiger partial charge in [-0.25, -0.2) is 0 Å². The first-order chi connectivity index (χ1) is 13.6. The highest BCUT2D eigenvalue weighted by molar-refractivity contribution is 5.56. The van der Waals surface area contributed by atoms with Gasteiger partial charge in [-0.05, 0) is 68.9 Å². The molecule has 0 amide bonds. The molecule has 2 aromatic carbocycles. The summed E-state index contributed by atoms with van der Waals surface area (Å²) in [6.45, 7) is 11.3. The van der Waals surface area contributed by atoms with Gasteiger partial charge in [0.2, 0.25) is 0 Å². The van der Waals surface area contributed by atoms with Crippen LogP contribution in [0.1, 0.15) is 49.3 Å². The van der Waals surface area contributed by atoms with E-state index in [1.165, 1.54) is 22.3 Å². The molecule has 0 aliphatic carbocycles. The number of hydrogen-bond acceptors (Lipinski definition) is 2. The number of anilines is 1. The van der Waals surface area contributed by atoms with Crippen LogP contribution in [-0.4, -0.2) is 6.61 Å². The molecule has 0 spiro atoms. The van der Waals surface area contributed by atoms with Crippen molar-refractivity contribution < 1.29 is 4.74 Å². The summed E-state index contributed by atoms with van der Waals surface area (Å²) >= 11 is 0. The van der Waals surface area contributed by atoms with E-state index in [1.54, 1.807) is 0 Å². The van der Waals surface area contributed by atoms with Gasteiger partial charge in [-0.15, -0.1) is 0 Å². The molecule has 0 bridgehead atoms. The quantitative estimate of drug-likeness (QED) is 0.531. The minimum absolute atomic E-state index is 0.485. The number of allylic oxidation sites excluding steroid dienone is 5. The van der Waals surface area contributed by atoms with E-state index < -0.39 is 0 Å². The Kier molecular flexibility index (Phi) is 6.76. The Balaban J connectivity index is 1.72. The van der Waals surface area contributed by atoms with E-state index in [-0.39, 0.29) is 0 Å². The lowest BCUT2D eigenvalue weighted by Crippen LogP contribution is -2.15. The van der Waals surface area contributed by atoms with Crippen LogP contribution in [0.2, 0.25) is 0 Å². The molecule has 1 heterocycles. The van der Waals surface area contributed by atoms with E-state index in [9.17, 15) is 0 Å². The van der Waals surface area contributed by atoms with E-state index in [2.05, 4.69) is 93.4 Å². The topological polar surface area (TPSA) is 21.3 Å². The Morgan fingerprint density at radius 3 is 2.68 bits per heavy atom. The maximum atomic E-state index is 5.91. The summed E-state index contributed by atoms with van der Waals surface area (Å²) in [6.07, 6.45) is 9.45. The zero-order chi connectivity index (χ0) is 19.9. The van der Waals surface area contributed by atoms with Crippen LogP contribution < -0.4 is 10.1 Å². The SMILES string of the molecule is C=C(Cc1ccc(C)cc1)Nc1ccc2c(c1)C(CC(/C=C\C)=C/C)CCO2. The van der Waals surface area contributed by atoms with E-state index >= 15 is 0 Å². The molecule has 2 aromatic rings. The molecule has 1 aliphatic heterocycles. The minimum atomic E-state index is 0.485. The zero-order valence-electron chi connectivity index (χ0n) is 17.3. The van der Waals surface area contributed by atoms with Crippen LogP contribution in [-0.2, 0) is 6.42 Å². The fourth-order valence-electron chi connectivity index (χ4n) is 3.74. The van der Waals surface area contributed by atoms with Crippen molar-refractivity contribution in [3.05, 3.63) is 95.2 Å². The van der Waals surface area contributed by atoms with Crippen molar-refractivity contribution in [1.29, 1.82) is 0 Å². The van der Waals surface area contributed by atoms with Crippen LogP contribution in [0, 0.1) is 6.92 Å². The second-order valence-electron chi connectivity index (χ2n) is 7.55. The summed E-state index contributed by atoms with van der Waals surface area (Å²) in [5.41, 5.74) is 7.30. The number of fused-ring (bicyclic) bond motifs is 1. The molecule has 0 saturated carbocycles. The van der Waals surface area contributed by atoms with E-state index in [1.807, 2.05) is 0 Å². The highest BCUT2D eigenvalue weighted by Gasteiger charge is 2.22. The van der Waals surface area contributed by atoms with Crippen molar-refractivity contribution in [2.45, 2.75) is 46.0 Å². The van der Waals surface area contributed by atoms with Gasteiger partial charge in [0.25, 0.3) is 0 Å². The van der Waals surface area contributed by atoms with Gasteiger partial charge in [0, 0.05) is 17.8 Å². The van der Waals surface area contributed by atoms with Gasteiger partial charge in [-0.1, -0.05) is 60.2 Å². The van der Waals surface area contributed by atoms with Gasteiger partial charge >= 0.3 is 0 Å². The van der Waals surface area contributed by atoms with Gasteiger partial charge in [0.15, 0.2) is 0 Å². The summed E-state index contributed by atoms with van der Waals surface area (Å²) in [6, 6.07) is 15.0. The number of rotatable bonds is 7. The molecule has 0 fully saturated rings. The third-order valence-corrected chi connectivity index (χ3v) is 5.27. The highest BCUT2D eigenvalue weighted by Crippen LogP contribution is 2.39. The molecular formula is C26H31NO. The summed E-state index contributed by atoms with van der Waals surface area (Å²) in [4.78, 5) is 0. The standard InChI is InChI=1S/C26H31NO/c1-5-7-21(6-2)17-23-14-15-28-26-13-12-24(18-25(23)26)27-20(4)16-22-10-8-19(3)9-11-22/h5-13,18,23,27H,4,14-17H2,1-3H3/b7-5-,21-6+. The number of hydrogen-bond donors (Lipinski definition) is 1. The van der Waals surface area contributed by atoms with Gasteiger partial charge in [-0.3, -0.25) is 0 Å². The minimum Gasteiger partial charge on any atom is -0.493 e. The third-order valence-electron chi connectivity index (χ3n) is 5.27. The lowest BCUT2D eigenvalue weighted by molar-refractivity contribution is 0.267. The number of aryl methyl sites for hydroxylation is 1. The molecule has 0 aromatic heterocycles. The second kappa shape index (κ2) is 9.45. The van der Waals surface area contributed by atoms with Gasteiger partial charge < -0.3 is 10.1 Å². The molecule has 3 rings (SSSR count). The van der Waals surface area contributed by atoms with Gasteiger partial charge in [0.1, 0.15) is 5.75 Å². The second-order valence-corrected chi connectivity index (χ2v) is 7.55. The summed E-state index contributed by atoms with van der Waals surface area (Å²) in [5.74, 6) is 1.50. The molecule has 28 heavy (non-hydrogen) atoms. The van der Waals surface area contributed by atoms with E-state index in [4.69, 9.17) is 4.74 Å². The Morgan fingerprint density at radius 2 is 1.96 bits per heavy atom. The molecule has 1 atom stereocenters. The molecule has 1 N–H and O–H groups in total. The highest BCUT2D eigenvalue weighted by atomic mass is 16.5. The maximum absolute atomic E-state index is 5.91. The van der Waals surface area contributed by atoms with Crippen LogP contribution in [0.15, 0.2) is 78.5 Å². The number of benzene rings is 2. The Bertz CT molecular complexity index is 874. The normalized spacial score (nSPS) is 16.5. The smallest absolute Gasteiger partial charge is 0.122 e. The van der Waals surface area contributed by atoms with Gasteiger partial charge in [0.05, 0.1) is 6.61 Å². The first-order valence-corrected chi connectivity index (χ1v) is 10.1. The van der Waals surface area contributed by atoms with E-state index in [0.717, 1.165) is 43.0 Å². The summed E-state index contributed by atoms with van der Waals surface area (Å²) in [5, 5.41) is 3.49. The average Bonchev–Trinajstić information content (AvgIpc) is 2.69. The fourth-order valence-corrected chi connectivity index (χ4v) is 3.74. The van der Waals surface area contributed by atoms with Crippen molar-refractivity contribution in [3.63, 3.8) is 0 Å². The van der Waals surface area contributed by atoms with Crippen LogP contribution in [0.5, 0.6) is 5.75 Å². The van der Waals surface area contributed by atoms with Crippen molar-refractivity contribution in [2.24, 2.45) is 0 Å². The van der Waals surface area contributed by atoms with Crippen molar-refractivity contribution in [2.75, 3.05) is 11.9 Å². The first-order valence-electron chi connectivity index (χ1n) is 10.1. The Morgan fingerprint density at radius 1 is 1.18 bits per heavy atom. The largest absolute Gasteiger partial charge is 0.493 e. The molecule has 2 heteroatoms. The number of nitrogens with one attached hydrogen (secondary N) is 1. The Hall–Kier alpha value is -2.74. The van der Waals surface area contributed by atoms with Crippen LogP contribution in [0.3, 0.4) is 0 Å². The van der Waals surface area contributed by atoms with E-state index in [0.29, 0.717) is 5.92 Å². The summed E-state index contributed by atoms with van der Waals surface area (Å²) < 4.78 is 5.91. The van der Waals surface area contributed by atoms with Crippen LogP contribution in [0.4, 0.5) is 5.69 Å². The molecule has 0 saturated heterocycles. The third kappa shape index (κ3) is 5.16. The van der Waals surface area contributed by atoms with Crippen LogP contribution in [0.25, 0.3) is 0 Å². The van der Waals surface area contributed by atoms with Crippen molar-refractivity contribution in [3.8, 4) is 5.75 Å². The molecule has 0 radical (unpaired) electrons. The maximum Gasteiger partial charge on any atom is 0.122 e.